The molecule has 1 nitrogen and oxygen atoms in total. The molecule has 0 aromatic heterocycles. The van der Waals surface area contributed by atoms with Crippen molar-refractivity contribution in [3.63, 3.8) is 0 Å². The van der Waals surface area contributed by atoms with Crippen LogP contribution < -0.4 is 0 Å². The minimum Gasteiger partial charge on any atom is -0.473 e. The van der Waals surface area contributed by atoms with E-state index in [2.05, 4.69) is 40.7 Å². The van der Waals surface area contributed by atoms with Crippen LogP contribution in [0.15, 0.2) is 35.3 Å². The lowest BCUT2D eigenvalue weighted by Crippen LogP contribution is -2.29. The molecule has 0 saturated carbocycles. The summed E-state index contributed by atoms with van der Waals surface area (Å²) in [5, 5.41) is 0. The molecule has 0 fully saturated rings. The van der Waals surface area contributed by atoms with Crippen LogP contribution in [0.2, 0.25) is 0 Å². The Hall–Kier alpha value is -0.980. The Morgan fingerprint density at radius 1 is 1.11 bits per heavy atom. The molecule has 0 amide bonds. The van der Waals surface area contributed by atoms with Crippen LogP contribution in [0.5, 0.6) is 0 Å². The van der Waals surface area contributed by atoms with Gasteiger partial charge < -0.3 is 4.74 Å². The highest BCUT2D eigenvalue weighted by molar-refractivity contribution is 5.46. The van der Waals surface area contributed by atoms with Crippen molar-refractivity contribution < 1.29 is 4.74 Å². The normalized spacial score (nSPS) is 35.7. The van der Waals surface area contributed by atoms with E-state index in [1.807, 2.05) is 12.5 Å². The zero-order chi connectivity index (χ0) is 13.1. The van der Waals surface area contributed by atoms with Crippen molar-refractivity contribution in [2.45, 2.75) is 47.5 Å². The smallest absolute Gasteiger partial charge is 0.0902 e. The molecule has 2 unspecified atom stereocenters. The molecule has 0 N–H and O–H groups in total. The largest absolute Gasteiger partial charge is 0.473 e. The number of allylic oxidation sites excluding steroid dienone is 4. The molecular formula is C17H24O. The summed E-state index contributed by atoms with van der Waals surface area (Å²) in [6.07, 6.45) is 8.46. The minimum atomic E-state index is 0.296. The third-order valence-electron chi connectivity index (χ3n) is 5.91. The second kappa shape index (κ2) is 3.53. The van der Waals surface area contributed by atoms with E-state index in [-0.39, 0.29) is 0 Å². The van der Waals surface area contributed by atoms with E-state index in [9.17, 15) is 0 Å². The summed E-state index contributed by atoms with van der Waals surface area (Å²) >= 11 is 0. The highest BCUT2D eigenvalue weighted by Gasteiger charge is 2.53. The Kier molecular flexibility index (Phi) is 2.36. The molecule has 0 aromatic rings. The van der Waals surface area contributed by atoms with Crippen molar-refractivity contribution in [2.75, 3.05) is 0 Å². The molecule has 2 aliphatic carbocycles. The van der Waals surface area contributed by atoms with Gasteiger partial charge in [-0.25, -0.2) is 0 Å². The number of hydrogen-bond acceptors (Lipinski definition) is 1. The lowest BCUT2D eigenvalue weighted by atomic mass is 9.68. The maximum Gasteiger partial charge on any atom is 0.0902 e. The van der Waals surface area contributed by atoms with Crippen molar-refractivity contribution in [1.29, 1.82) is 0 Å². The molecule has 0 spiro atoms. The van der Waals surface area contributed by atoms with Gasteiger partial charge in [0, 0.05) is 5.92 Å². The van der Waals surface area contributed by atoms with Crippen LogP contribution in [0.1, 0.15) is 47.5 Å². The summed E-state index contributed by atoms with van der Waals surface area (Å²) in [4.78, 5) is 0. The first kappa shape index (κ1) is 12.1. The number of fused-ring (bicyclic) bond motifs is 2. The average Bonchev–Trinajstić information content (AvgIpc) is 2.48. The number of hydrogen-bond donors (Lipinski definition) is 0. The highest BCUT2D eigenvalue weighted by atomic mass is 16.5. The van der Waals surface area contributed by atoms with Gasteiger partial charge in [0.2, 0.25) is 0 Å². The number of ether oxygens (including phenoxy) is 1. The van der Waals surface area contributed by atoms with Crippen molar-refractivity contribution >= 4 is 0 Å². The first-order chi connectivity index (χ1) is 8.37. The SMILES string of the molecule is CC1C(C)(C)C2=C(C3C=COC=C3CC2)C1(C)C. The quantitative estimate of drug-likeness (QED) is 0.555. The van der Waals surface area contributed by atoms with Crippen LogP contribution >= 0.6 is 0 Å². The first-order valence-electron chi connectivity index (χ1n) is 7.12. The average molecular weight is 244 g/mol. The third-order valence-corrected chi connectivity index (χ3v) is 5.91. The van der Waals surface area contributed by atoms with Gasteiger partial charge in [-0.2, -0.15) is 0 Å². The fourth-order valence-corrected chi connectivity index (χ4v) is 4.39. The molecule has 2 atom stereocenters. The van der Waals surface area contributed by atoms with Gasteiger partial charge >= 0.3 is 0 Å². The van der Waals surface area contributed by atoms with Crippen molar-refractivity contribution in [3.8, 4) is 0 Å². The fraction of sp³-hybridized carbons (Fsp3) is 0.647. The Bertz CT molecular complexity index is 474. The van der Waals surface area contributed by atoms with Crippen LogP contribution in [-0.4, -0.2) is 0 Å². The molecule has 98 valence electrons. The maximum atomic E-state index is 5.37. The van der Waals surface area contributed by atoms with Gasteiger partial charge in [-0.15, -0.1) is 0 Å². The second-order valence-electron chi connectivity index (χ2n) is 7.19. The molecule has 18 heavy (non-hydrogen) atoms. The number of rotatable bonds is 0. The minimum absolute atomic E-state index is 0.296. The summed E-state index contributed by atoms with van der Waals surface area (Å²) in [5.41, 5.74) is 5.50. The van der Waals surface area contributed by atoms with Crippen LogP contribution in [0.3, 0.4) is 0 Å². The molecular weight excluding hydrogens is 220 g/mol. The van der Waals surface area contributed by atoms with Crippen LogP contribution in [0.4, 0.5) is 0 Å². The Balaban J connectivity index is 2.17. The topological polar surface area (TPSA) is 9.23 Å². The van der Waals surface area contributed by atoms with Crippen LogP contribution in [0, 0.1) is 22.7 Å². The Labute approximate surface area is 111 Å². The van der Waals surface area contributed by atoms with Gasteiger partial charge in [0.25, 0.3) is 0 Å². The summed E-state index contributed by atoms with van der Waals surface area (Å²) < 4.78 is 5.37. The molecule has 1 aliphatic heterocycles. The third kappa shape index (κ3) is 1.34. The second-order valence-corrected chi connectivity index (χ2v) is 7.19. The standard InChI is InChI=1S/C17H24O/c1-11-16(2,3)14-7-6-12-10-18-9-8-13(12)15(14)17(11,4)5/h8-11,13H,6-7H2,1-5H3. The van der Waals surface area contributed by atoms with E-state index in [1.54, 1.807) is 11.1 Å². The van der Waals surface area contributed by atoms with Crippen LogP contribution in [-0.2, 0) is 4.74 Å². The Morgan fingerprint density at radius 3 is 2.56 bits per heavy atom. The van der Waals surface area contributed by atoms with Crippen molar-refractivity contribution in [3.05, 3.63) is 35.3 Å². The van der Waals surface area contributed by atoms with Gasteiger partial charge in [-0.3, -0.25) is 0 Å². The first-order valence-corrected chi connectivity index (χ1v) is 7.12. The van der Waals surface area contributed by atoms with Gasteiger partial charge in [-0.05, 0) is 41.2 Å². The molecule has 0 aromatic carbocycles. The van der Waals surface area contributed by atoms with E-state index < -0.39 is 0 Å². The molecule has 1 heteroatoms. The van der Waals surface area contributed by atoms with E-state index in [4.69, 9.17) is 4.74 Å². The Morgan fingerprint density at radius 2 is 1.83 bits per heavy atom. The fourth-order valence-electron chi connectivity index (χ4n) is 4.39. The zero-order valence-corrected chi connectivity index (χ0v) is 12.2. The van der Waals surface area contributed by atoms with Gasteiger partial charge in [0.1, 0.15) is 0 Å². The van der Waals surface area contributed by atoms with Gasteiger partial charge in [-0.1, -0.05) is 45.8 Å². The van der Waals surface area contributed by atoms with Gasteiger partial charge in [0.15, 0.2) is 0 Å². The molecule has 0 bridgehead atoms. The van der Waals surface area contributed by atoms with Crippen molar-refractivity contribution in [1.82, 2.24) is 0 Å². The van der Waals surface area contributed by atoms with Crippen molar-refractivity contribution in [2.24, 2.45) is 22.7 Å². The summed E-state index contributed by atoms with van der Waals surface area (Å²) in [6, 6.07) is 0. The maximum absolute atomic E-state index is 5.37. The zero-order valence-electron chi connectivity index (χ0n) is 12.2. The van der Waals surface area contributed by atoms with E-state index in [0.29, 0.717) is 22.7 Å². The summed E-state index contributed by atoms with van der Waals surface area (Å²) in [7, 11) is 0. The monoisotopic (exact) mass is 244 g/mol. The predicted molar refractivity (Wildman–Crippen MR) is 74.8 cm³/mol. The molecule has 0 saturated heterocycles. The van der Waals surface area contributed by atoms with Crippen LogP contribution in [0.25, 0.3) is 0 Å². The molecule has 3 rings (SSSR count). The lowest BCUT2D eigenvalue weighted by molar-refractivity contribution is 0.185. The summed E-state index contributed by atoms with van der Waals surface area (Å²) in [6.45, 7) is 12.1. The molecule has 0 radical (unpaired) electrons. The van der Waals surface area contributed by atoms with Gasteiger partial charge in [0.05, 0.1) is 12.5 Å². The van der Waals surface area contributed by atoms with E-state index >= 15 is 0 Å². The predicted octanol–water partition coefficient (Wildman–Crippen LogP) is 4.82. The summed E-state index contributed by atoms with van der Waals surface area (Å²) in [5.74, 6) is 1.20. The molecule has 3 aliphatic rings. The lowest BCUT2D eigenvalue weighted by Gasteiger charge is -2.36. The highest BCUT2D eigenvalue weighted by Crippen LogP contribution is 2.63. The van der Waals surface area contributed by atoms with E-state index in [0.717, 1.165) is 0 Å². The van der Waals surface area contributed by atoms with E-state index in [1.165, 1.54) is 18.4 Å². The molecule has 1 heterocycles.